The number of amides is 1. The Morgan fingerprint density at radius 1 is 1.08 bits per heavy atom. The van der Waals surface area contributed by atoms with Gasteiger partial charge in [0.05, 0.1) is 0 Å². The molecule has 0 aliphatic carbocycles. The average molecular weight is 329 g/mol. The summed E-state index contributed by atoms with van der Waals surface area (Å²) < 4.78 is 5.26. The van der Waals surface area contributed by atoms with E-state index in [4.69, 9.17) is 4.52 Å². The Labute approximate surface area is 143 Å². The second kappa shape index (κ2) is 6.75. The molecule has 0 spiro atoms. The summed E-state index contributed by atoms with van der Waals surface area (Å²) in [6.45, 7) is 12.4. The van der Waals surface area contributed by atoms with Gasteiger partial charge >= 0.3 is 0 Å². The van der Waals surface area contributed by atoms with Crippen molar-refractivity contribution < 1.29 is 9.32 Å². The number of carbonyl (C=O) groups is 1. The van der Waals surface area contributed by atoms with Crippen molar-refractivity contribution in [1.82, 2.24) is 15.5 Å². The molecule has 0 saturated heterocycles. The third-order valence-corrected chi connectivity index (χ3v) is 3.56. The molecule has 1 heterocycles. The van der Waals surface area contributed by atoms with Crippen molar-refractivity contribution in [2.45, 2.75) is 65.3 Å². The Balaban J connectivity index is 1.99. The van der Waals surface area contributed by atoms with Gasteiger partial charge in [-0.05, 0) is 31.7 Å². The molecule has 0 bridgehead atoms. The van der Waals surface area contributed by atoms with Crippen LogP contribution in [0.15, 0.2) is 28.8 Å². The molecule has 1 aromatic heterocycles. The Morgan fingerprint density at radius 3 is 2.25 bits per heavy atom. The minimum atomic E-state index is -0.230. The lowest BCUT2D eigenvalue weighted by Crippen LogP contribution is -2.40. The van der Waals surface area contributed by atoms with Gasteiger partial charge in [0.25, 0.3) is 0 Å². The van der Waals surface area contributed by atoms with Crippen molar-refractivity contribution >= 4 is 5.91 Å². The second-order valence-electron chi connectivity index (χ2n) is 8.14. The third-order valence-electron chi connectivity index (χ3n) is 3.56. The van der Waals surface area contributed by atoms with Crippen LogP contribution < -0.4 is 5.32 Å². The normalized spacial score (nSPS) is 12.2. The van der Waals surface area contributed by atoms with Crippen LogP contribution in [-0.4, -0.2) is 21.6 Å². The van der Waals surface area contributed by atoms with Gasteiger partial charge in [-0.1, -0.05) is 50.2 Å². The van der Waals surface area contributed by atoms with E-state index in [9.17, 15) is 4.79 Å². The molecule has 0 saturated carbocycles. The Bertz CT molecular complexity index is 689. The summed E-state index contributed by atoms with van der Waals surface area (Å²) in [6, 6.07) is 8.17. The Kier molecular flexibility index (Phi) is 5.11. The molecule has 0 atom stereocenters. The van der Waals surface area contributed by atoms with Crippen molar-refractivity contribution in [3.63, 3.8) is 0 Å². The van der Waals surface area contributed by atoms with Gasteiger partial charge < -0.3 is 9.84 Å². The summed E-state index contributed by atoms with van der Waals surface area (Å²) in [6.07, 6.45) is 0.775. The molecule has 2 rings (SSSR count). The van der Waals surface area contributed by atoms with E-state index in [1.54, 1.807) is 0 Å². The van der Waals surface area contributed by atoms with E-state index >= 15 is 0 Å². The predicted molar refractivity (Wildman–Crippen MR) is 94.7 cm³/mol. The molecule has 1 aromatic carbocycles. The van der Waals surface area contributed by atoms with E-state index < -0.39 is 0 Å². The number of hydrogen-bond acceptors (Lipinski definition) is 4. The number of rotatable bonds is 4. The average Bonchev–Trinajstić information content (AvgIpc) is 2.91. The lowest BCUT2D eigenvalue weighted by atomic mass is 9.87. The Hall–Kier alpha value is -2.17. The highest BCUT2D eigenvalue weighted by atomic mass is 16.5. The maximum atomic E-state index is 11.8. The largest absolute Gasteiger partial charge is 0.351 e. The quantitative estimate of drug-likeness (QED) is 0.924. The lowest BCUT2D eigenvalue weighted by Gasteiger charge is -2.20. The summed E-state index contributed by atoms with van der Waals surface area (Å²) in [4.78, 5) is 16.2. The molecule has 0 unspecified atom stereocenters. The summed E-state index contributed by atoms with van der Waals surface area (Å²) >= 11 is 0. The molecule has 2 aromatic rings. The van der Waals surface area contributed by atoms with Gasteiger partial charge in [0.15, 0.2) is 0 Å². The fraction of sp³-hybridized carbons (Fsp3) is 0.526. The number of benzene rings is 1. The third kappa shape index (κ3) is 5.18. The summed E-state index contributed by atoms with van der Waals surface area (Å²) in [5.74, 6) is 1.02. The second-order valence-corrected chi connectivity index (χ2v) is 8.14. The van der Waals surface area contributed by atoms with Crippen LogP contribution in [0.25, 0.3) is 11.4 Å². The van der Waals surface area contributed by atoms with Crippen LogP contribution in [0.4, 0.5) is 0 Å². The number of carbonyl (C=O) groups excluding carboxylic acids is 1. The van der Waals surface area contributed by atoms with Gasteiger partial charge in [-0.2, -0.15) is 4.98 Å². The lowest BCUT2D eigenvalue weighted by molar-refractivity contribution is -0.122. The number of hydrogen-bond donors (Lipinski definition) is 1. The molecule has 5 heteroatoms. The molecule has 1 N–H and O–H groups in total. The summed E-state index contributed by atoms with van der Waals surface area (Å²) in [5.41, 5.74) is 2.05. The van der Waals surface area contributed by atoms with Crippen LogP contribution in [0.2, 0.25) is 0 Å². The molecule has 1 amide bonds. The maximum absolute atomic E-state index is 11.8. The van der Waals surface area contributed by atoms with Crippen LogP contribution in [0.1, 0.15) is 59.4 Å². The highest BCUT2D eigenvalue weighted by molar-refractivity contribution is 5.76. The SMILES string of the molecule is CC(C)(C)NC(=O)CCc1nc(-c2ccc(C(C)(C)C)cc2)no1. The Morgan fingerprint density at radius 2 is 1.71 bits per heavy atom. The molecule has 5 nitrogen and oxygen atoms in total. The van der Waals surface area contributed by atoms with Gasteiger partial charge in [-0.15, -0.1) is 0 Å². The molecular formula is C19H27N3O2. The molecule has 24 heavy (non-hydrogen) atoms. The van der Waals surface area contributed by atoms with E-state index in [0.717, 1.165) is 5.56 Å². The first-order chi connectivity index (χ1) is 11.0. The summed E-state index contributed by atoms with van der Waals surface area (Å²) in [5, 5.41) is 6.93. The zero-order valence-electron chi connectivity index (χ0n) is 15.4. The van der Waals surface area contributed by atoms with Crippen LogP contribution in [-0.2, 0) is 16.6 Å². The molecule has 0 aliphatic rings. The van der Waals surface area contributed by atoms with Crippen LogP contribution >= 0.6 is 0 Å². The van der Waals surface area contributed by atoms with Crippen LogP contribution in [0.3, 0.4) is 0 Å². The zero-order chi connectivity index (χ0) is 18.0. The first kappa shape index (κ1) is 18.2. The van der Waals surface area contributed by atoms with E-state index in [2.05, 4.69) is 48.4 Å². The highest BCUT2D eigenvalue weighted by Gasteiger charge is 2.16. The van der Waals surface area contributed by atoms with Gasteiger partial charge in [0, 0.05) is 23.9 Å². The predicted octanol–water partition coefficient (Wildman–Crippen LogP) is 3.88. The minimum Gasteiger partial charge on any atom is -0.351 e. The molecule has 0 fully saturated rings. The number of nitrogens with zero attached hydrogens (tertiary/aromatic N) is 2. The zero-order valence-corrected chi connectivity index (χ0v) is 15.4. The smallest absolute Gasteiger partial charge is 0.227 e. The number of aryl methyl sites for hydroxylation is 1. The standard InChI is InChI=1S/C19H27N3O2/c1-18(2,3)14-9-7-13(8-10-14)17-20-16(24-22-17)12-11-15(23)21-19(4,5)6/h7-10H,11-12H2,1-6H3,(H,21,23). The van der Waals surface area contributed by atoms with Crippen LogP contribution in [0.5, 0.6) is 0 Å². The molecule has 130 valence electrons. The van der Waals surface area contributed by atoms with Crippen molar-refractivity contribution in [1.29, 1.82) is 0 Å². The van der Waals surface area contributed by atoms with E-state index in [1.165, 1.54) is 5.56 Å². The first-order valence-electron chi connectivity index (χ1n) is 8.29. The monoisotopic (exact) mass is 329 g/mol. The van der Waals surface area contributed by atoms with E-state index in [1.807, 2.05) is 32.9 Å². The van der Waals surface area contributed by atoms with Gasteiger partial charge in [0.1, 0.15) is 0 Å². The minimum absolute atomic E-state index is 0.0169. The van der Waals surface area contributed by atoms with Gasteiger partial charge in [-0.25, -0.2) is 0 Å². The number of aromatic nitrogens is 2. The number of nitrogens with one attached hydrogen (secondary N) is 1. The summed E-state index contributed by atoms with van der Waals surface area (Å²) in [7, 11) is 0. The fourth-order valence-electron chi connectivity index (χ4n) is 2.29. The van der Waals surface area contributed by atoms with Gasteiger partial charge in [0.2, 0.25) is 17.6 Å². The molecule has 0 aliphatic heterocycles. The van der Waals surface area contributed by atoms with E-state index in [-0.39, 0.29) is 16.9 Å². The van der Waals surface area contributed by atoms with Crippen LogP contribution in [0, 0.1) is 0 Å². The molecular weight excluding hydrogens is 302 g/mol. The van der Waals surface area contributed by atoms with Gasteiger partial charge in [-0.3, -0.25) is 4.79 Å². The maximum Gasteiger partial charge on any atom is 0.227 e. The van der Waals surface area contributed by atoms with Crippen molar-refractivity contribution in [2.24, 2.45) is 0 Å². The fourth-order valence-corrected chi connectivity index (χ4v) is 2.29. The van der Waals surface area contributed by atoms with Crippen molar-refractivity contribution in [3.8, 4) is 11.4 Å². The van der Waals surface area contributed by atoms with Crippen molar-refractivity contribution in [3.05, 3.63) is 35.7 Å². The molecule has 0 radical (unpaired) electrons. The highest BCUT2D eigenvalue weighted by Crippen LogP contribution is 2.25. The first-order valence-corrected chi connectivity index (χ1v) is 8.29. The van der Waals surface area contributed by atoms with Crippen molar-refractivity contribution in [2.75, 3.05) is 0 Å². The topological polar surface area (TPSA) is 68.0 Å². The van der Waals surface area contributed by atoms with E-state index in [0.29, 0.717) is 24.6 Å².